The van der Waals surface area contributed by atoms with Crippen LogP contribution in [0.15, 0.2) is 199 Å². The first kappa shape index (κ1) is 32.7. The van der Waals surface area contributed by atoms with E-state index in [0.29, 0.717) is 17.5 Å². The molecule has 11 rings (SSSR count). The van der Waals surface area contributed by atoms with E-state index < -0.39 is 0 Å². The summed E-state index contributed by atoms with van der Waals surface area (Å²) in [6.45, 7) is 0. The number of aromatic nitrogens is 4. The lowest BCUT2D eigenvalue weighted by atomic mass is 9.97. The van der Waals surface area contributed by atoms with E-state index in [1.165, 1.54) is 5.39 Å². The summed E-state index contributed by atoms with van der Waals surface area (Å²) in [5, 5.41) is 5.65. The van der Waals surface area contributed by atoms with E-state index in [-0.39, 0.29) is 0 Å². The monoisotopic (exact) mass is 728 g/mol. The molecule has 0 aliphatic heterocycles. The molecular formula is C52H32N4O. The molecule has 0 unspecified atom stereocenters. The third-order valence-electron chi connectivity index (χ3n) is 10.7. The second kappa shape index (κ2) is 13.5. The molecule has 0 saturated carbocycles. The minimum Gasteiger partial charge on any atom is -0.455 e. The van der Waals surface area contributed by atoms with E-state index in [9.17, 15) is 0 Å². The lowest BCUT2D eigenvalue weighted by Crippen LogP contribution is -2.00. The fourth-order valence-electron chi connectivity index (χ4n) is 7.80. The van der Waals surface area contributed by atoms with Gasteiger partial charge in [0.05, 0.1) is 5.52 Å². The smallest absolute Gasteiger partial charge is 0.164 e. The molecule has 0 amide bonds. The van der Waals surface area contributed by atoms with Crippen LogP contribution < -0.4 is 0 Å². The molecule has 0 bridgehead atoms. The molecule has 11 aromatic rings. The Morgan fingerprint density at radius 3 is 1.77 bits per heavy atom. The Balaban J connectivity index is 0.926. The summed E-state index contributed by atoms with van der Waals surface area (Å²) < 4.78 is 6.37. The average Bonchev–Trinajstić information content (AvgIpc) is 3.68. The van der Waals surface area contributed by atoms with Crippen LogP contribution in [0.2, 0.25) is 0 Å². The molecule has 266 valence electrons. The van der Waals surface area contributed by atoms with Crippen LogP contribution in [0.5, 0.6) is 0 Å². The molecule has 8 aromatic carbocycles. The Kier molecular flexibility index (Phi) is 7.74. The standard InChI is InChI=1S/C52H32N4O/c1-2-11-35(12-3-1)50-54-51(56-52(55-50)41-25-22-33-10-4-5-13-37(33)29-41)36-23-20-34(21-24-36)39-26-27-47-42(30-39)31-43(32-53-47)38-14-8-15-40(28-38)44-17-9-18-46-45-16-6-7-19-48(45)57-49(44)46/h1-32H. The highest BCUT2D eigenvalue weighted by atomic mass is 16.3. The molecule has 3 heterocycles. The van der Waals surface area contributed by atoms with Crippen LogP contribution in [-0.4, -0.2) is 19.9 Å². The average molecular weight is 729 g/mol. The van der Waals surface area contributed by atoms with Gasteiger partial charge in [-0.2, -0.15) is 0 Å². The third kappa shape index (κ3) is 5.99. The number of nitrogens with zero attached hydrogens (tertiary/aromatic N) is 4. The van der Waals surface area contributed by atoms with Crippen LogP contribution >= 0.6 is 0 Å². The van der Waals surface area contributed by atoms with E-state index in [4.69, 9.17) is 24.4 Å². The van der Waals surface area contributed by atoms with E-state index >= 15 is 0 Å². The van der Waals surface area contributed by atoms with Gasteiger partial charge in [0.1, 0.15) is 11.2 Å². The van der Waals surface area contributed by atoms with Crippen LogP contribution in [-0.2, 0) is 0 Å². The zero-order chi connectivity index (χ0) is 37.7. The molecule has 3 aromatic heterocycles. The lowest BCUT2D eigenvalue weighted by molar-refractivity contribution is 0.670. The molecule has 5 heteroatoms. The number of pyridine rings is 1. The number of furan rings is 1. The van der Waals surface area contributed by atoms with E-state index in [0.717, 1.165) is 88.3 Å². The highest BCUT2D eigenvalue weighted by Crippen LogP contribution is 2.37. The molecule has 0 aliphatic rings. The summed E-state index contributed by atoms with van der Waals surface area (Å²) in [4.78, 5) is 19.8. The first-order chi connectivity index (χ1) is 28.2. The van der Waals surface area contributed by atoms with Crippen molar-refractivity contribution in [3.63, 3.8) is 0 Å². The van der Waals surface area contributed by atoms with Crippen LogP contribution in [0.4, 0.5) is 0 Å². The van der Waals surface area contributed by atoms with Gasteiger partial charge in [0.25, 0.3) is 0 Å². The van der Waals surface area contributed by atoms with Crippen molar-refractivity contribution >= 4 is 43.6 Å². The Bertz CT molecular complexity index is 3300. The Hall–Kier alpha value is -7.76. The summed E-state index contributed by atoms with van der Waals surface area (Å²) in [7, 11) is 0. The van der Waals surface area contributed by atoms with Crippen molar-refractivity contribution in [3.8, 4) is 67.5 Å². The van der Waals surface area contributed by atoms with Gasteiger partial charge in [0, 0.05) is 50.2 Å². The Labute approximate surface area is 328 Å². The van der Waals surface area contributed by atoms with Crippen molar-refractivity contribution in [2.45, 2.75) is 0 Å². The molecule has 57 heavy (non-hydrogen) atoms. The van der Waals surface area contributed by atoms with Crippen molar-refractivity contribution in [1.82, 2.24) is 19.9 Å². The Morgan fingerprint density at radius 2 is 0.912 bits per heavy atom. The molecule has 0 saturated heterocycles. The second-order valence-corrected chi connectivity index (χ2v) is 14.3. The molecule has 5 nitrogen and oxygen atoms in total. The number of hydrogen-bond donors (Lipinski definition) is 0. The predicted octanol–water partition coefficient (Wildman–Crippen LogP) is 13.5. The van der Waals surface area contributed by atoms with E-state index in [1.54, 1.807) is 0 Å². The zero-order valence-corrected chi connectivity index (χ0v) is 30.7. The zero-order valence-electron chi connectivity index (χ0n) is 30.7. The SMILES string of the molecule is c1ccc(-c2nc(-c3ccc(-c4ccc5ncc(-c6cccc(-c7cccc8c7oc7ccccc78)c6)cc5c4)cc3)nc(-c3ccc4ccccc4c3)n2)cc1. The van der Waals surface area contributed by atoms with Crippen molar-refractivity contribution in [2.75, 3.05) is 0 Å². The second-order valence-electron chi connectivity index (χ2n) is 14.3. The molecule has 0 atom stereocenters. The largest absolute Gasteiger partial charge is 0.455 e. The quantitative estimate of drug-likeness (QED) is 0.171. The molecule has 0 spiro atoms. The molecule has 0 N–H and O–H groups in total. The molecule has 0 radical (unpaired) electrons. The summed E-state index contributed by atoms with van der Waals surface area (Å²) in [5.74, 6) is 1.91. The number of rotatable bonds is 6. The van der Waals surface area contributed by atoms with E-state index in [1.807, 2.05) is 48.7 Å². The van der Waals surface area contributed by atoms with Crippen molar-refractivity contribution in [3.05, 3.63) is 194 Å². The molecule has 0 fully saturated rings. The van der Waals surface area contributed by atoms with Crippen molar-refractivity contribution in [2.24, 2.45) is 0 Å². The highest BCUT2D eigenvalue weighted by Gasteiger charge is 2.15. The normalized spacial score (nSPS) is 11.5. The maximum Gasteiger partial charge on any atom is 0.164 e. The first-order valence-electron chi connectivity index (χ1n) is 19.0. The summed E-state index contributed by atoms with van der Waals surface area (Å²) in [6.07, 6.45) is 1.96. The minimum atomic E-state index is 0.629. The van der Waals surface area contributed by atoms with Crippen LogP contribution in [0.25, 0.3) is 111 Å². The number of fused-ring (bicyclic) bond motifs is 5. The maximum atomic E-state index is 6.37. The lowest BCUT2D eigenvalue weighted by Gasteiger charge is -2.10. The number of benzene rings is 8. The summed E-state index contributed by atoms with van der Waals surface area (Å²) in [6, 6.07) is 65.1. The summed E-state index contributed by atoms with van der Waals surface area (Å²) >= 11 is 0. The van der Waals surface area contributed by atoms with Gasteiger partial charge in [-0.15, -0.1) is 0 Å². The van der Waals surface area contributed by atoms with Gasteiger partial charge in [-0.05, 0) is 69.4 Å². The van der Waals surface area contributed by atoms with Crippen molar-refractivity contribution < 1.29 is 4.42 Å². The number of hydrogen-bond acceptors (Lipinski definition) is 5. The van der Waals surface area contributed by atoms with Crippen LogP contribution in [0.3, 0.4) is 0 Å². The van der Waals surface area contributed by atoms with E-state index in [2.05, 4.69) is 146 Å². The summed E-state index contributed by atoms with van der Waals surface area (Å²) in [5.41, 5.74) is 12.1. The fraction of sp³-hybridized carbons (Fsp3) is 0. The maximum absolute atomic E-state index is 6.37. The van der Waals surface area contributed by atoms with Gasteiger partial charge in [0.15, 0.2) is 17.5 Å². The van der Waals surface area contributed by atoms with Gasteiger partial charge in [0.2, 0.25) is 0 Å². The molecular weight excluding hydrogens is 697 g/mol. The van der Waals surface area contributed by atoms with Gasteiger partial charge in [-0.1, -0.05) is 152 Å². The van der Waals surface area contributed by atoms with Gasteiger partial charge in [-0.3, -0.25) is 4.98 Å². The fourth-order valence-corrected chi connectivity index (χ4v) is 7.80. The number of para-hydroxylation sites is 2. The minimum absolute atomic E-state index is 0.629. The van der Waals surface area contributed by atoms with Gasteiger partial charge >= 0.3 is 0 Å². The first-order valence-corrected chi connectivity index (χ1v) is 19.0. The highest BCUT2D eigenvalue weighted by molar-refractivity contribution is 6.09. The topological polar surface area (TPSA) is 64.7 Å². The van der Waals surface area contributed by atoms with Gasteiger partial charge in [-0.25, -0.2) is 15.0 Å². The van der Waals surface area contributed by atoms with Crippen LogP contribution in [0, 0.1) is 0 Å². The van der Waals surface area contributed by atoms with Gasteiger partial charge < -0.3 is 4.42 Å². The molecule has 0 aliphatic carbocycles. The third-order valence-corrected chi connectivity index (χ3v) is 10.7. The van der Waals surface area contributed by atoms with Crippen LogP contribution in [0.1, 0.15) is 0 Å². The Morgan fingerprint density at radius 1 is 0.333 bits per heavy atom. The predicted molar refractivity (Wildman–Crippen MR) is 233 cm³/mol. The van der Waals surface area contributed by atoms with Crippen molar-refractivity contribution in [1.29, 1.82) is 0 Å².